The highest BCUT2D eigenvalue weighted by Crippen LogP contribution is 2.13. The molecule has 100 valence electrons. The number of carbonyl (C=O) groups is 1. The van der Waals surface area contributed by atoms with Crippen LogP contribution in [-0.4, -0.2) is 24.5 Å². The third-order valence-electron chi connectivity index (χ3n) is 2.31. The Morgan fingerprint density at radius 1 is 1.22 bits per heavy atom. The van der Waals surface area contributed by atoms with Crippen molar-refractivity contribution in [1.82, 2.24) is 5.32 Å². The summed E-state index contributed by atoms with van der Waals surface area (Å²) < 4.78 is 38.5. The van der Waals surface area contributed by atoms with Gasteiger partial charge in [0.15, 0.2) is 17.5 Å². The van der Waals surface area contributed by atoms with Gasteiger partial charge in [-0.15, -0.1) is 0 Å². The van der Waals surface area contributed by atoms with E-state index < -0.39 is 23.4 Å². The van der Waals surface area contributed by atoms with Gasteiger partial charge in [0.05, 0.1) is 0 Å². The lowest BCUT2D eigenvalue weighted by molar-refractivity contribution is 0.0952. The summed E-state index contributed by atoms with van der Waals surface area (Å²) in [7, 11) is 0. The second-order valence-electron chi connectivity index (χ2n) is 3.71. The smallest absolute Gasteiger partial charge is 0.251 e. The zero-order valence-corrected chi connectivity index (χ0v) is 10.8. The van der Waals surface area contributed by atoms with Gasteiger partial charge in [0, 0.05) is 12.1 Å². The van der Waals surface area contributed by atoms with Crippen LogP contribution in [0.2, 0.25) is 0 Å². The predicted molar refractivity (Wildman–Crippen MR) is 66.3 cm³/mol. The van der Waals surface area contributed by atoms with Gasteiger partial charge in [-0.05, 0) is 37.0 Å². The molecular weight excluding hydrogens is 263 g/mol. The summed E-state index contributed by atoms with van der Waals surface area (Å²) in [5.74, 6) is -3.89. The fourth-order valence-corrected chi connectivity index (χ4v) is 1.85. The number of nitrogens with one attached hydrogen (secondary N) is 1. The number of rotatable bonds is 6. The number of thioether (sulfide) groups is 1. The Balaban J connectivity index is 2.52. The highest BCUT2D eigenvalue weighted by Gasteiger charge is 2.14. The molecule has 0 unspecified atom stereocenters. The summed E-state index contributed by atoms with van der Waals surface area (Å²) in [4.78, 5) is 11.5. The van der Waals surface area contributed by atoms with Crippen molar-refractivity contribution in [2.45, 2.75) is 12.8 Å². The molecule has 18 heavy (non-hydrogen) atoms. The van der Waals surface area contributed by atoms with Crippen LogP contribution in [0.25, 0.3) is 0 Å². The Kier molecular flexibility index (Phi) is 6.04. The minimum Gasteiger partial charge on any atom is -0.352 e. The van der Waals surface area contributed by atoms with E-state index in [0.29, 0.717) is 18.7 Å². The molecule has 1 rings (SSSR count). The number of carbonyl (C=O) groups excluding carboxylic acids is 1. The molecule has 2 nitrogen and oxygen atoms in total. The molecule has 6 heteroatoms. The molecule has 0 aliphatic rings. The van der Waals surface area contributed by atoms with Gasteiger partial charge < -0.3 is 5.32 Å². The van der Waals surface area contributed by atoms with Crippen molar-refractivity contribution in [3.05, 3.63) is 35.1 Å². The molecule has 1 amide bonds. The third kappa shape index (κ3) is 4.25. The fraction of sp³-hybridized carbons (Fsp3) is 0.417. The Labute approximate surface area is 108 Å². The van der Waals surface area contributed by atoms with E-state index in [4.69, 9.17) is 0 Å². The van der Waals surface area contributed by atoms with Gasteiger partial charge in [-0.1, -0.05) is 0 Å². The minimum atomic E-state index is -1.56. The summed E-state index contributed by atoms with van der Waals surface area (Å²) in [5, 5.41) is 2.53. The van der Waals surface area contributed by atoms with Gasteiger partial charge in [-0.3, -0.25) is 4.79 Å². The van der Waals surface area contributed by atoms with Crippen molar-refractivity contribution in [2.75, 3.05) is 18.6 Å². The molecule has 1 N–H and O–H groups in total. The molecule has 0 atom stereocenters. The topological polar surface area (TPSA) is 29.1 Å². The summed E-state index contributed by atoms with van der Waals surface area (Å²) >= 11 is 1.71. The summed E-state index contributed by atoms with van der Waals surface area (Å²) in [5.41, 5.74) is -0.212. The van der Waals surface area contributed by atoms with E-state index in [2.05, 4.69) is 5.32 Å². The van der Waals surface area contributed by atoms with Crippen LogP contribution in [0.15, 0.2) is 12.1 Å². The molecule has 0 spiro atoms. The van der Waals surface area contributed by atoms with Crippen molar-refractivity contribution in [3.63, 3.8) is 0 Å². The van der Waals surface area contributed by atoms with Gasteiger partial charge in [0.1, 0.15) is 0 Å². The van der Waals surface area contributed by atoms with Gasteiger partial charge >= 0.3 is 0 Å². The zero-order chi connectivity index (χ0) is 13.5. The summed E-state index contributed by atoms with van der Waals surface area (Å²) in [6.07, 6.45) is 3.73. The van der Waals surface area contributed by atoms with Crippen LogP contribution in [0.4, 0.5) is 13.2 Å². The molecule has 0 aromatic heterocycles. The standard InChI is InChI=1S/C12H14F3NOS/c1-18-5-3-2-4-16-12(17)8-6-9(13)11(15)10(14)7-8/h6-7H,2-5H2,1H3,(H,16,17). The van der Waals surface area contributed by atoms with Crippen LogP contribution in [0.5, 0.6) is 0 Å². The molecule has 0 saturated carbocycles. The van der Waals surface area contributed by atoms with E-state index in [1.807, 2.05) is 6.26 Å². The first-order valence-electron chi connectivity index (χ1n) is 5.48. The monoisotopic (exact) mass is 277 g/mol. The van der Waals surface area contributed by atoms with Crippen molar-refractivity contribution >= 4 is 17.7 Å². The highest BCUT2D eigenvalue weighted by molar-refractivity contribution is 7.98. The van der Waals surface area contributed by atoms with Crippen LogP contribution >= 0.6 is 11.8 Å². The summed E-state index contributed by atoms with van der Waals surface area (Å²) in [6, 6.07) is 1.38. The number of hydrogen-bond acceptors (Lipinski definition) is 2. The lowest BCUT2D eigenvalue weighted by Gasteiger charge is -2.05. The number of benzene rings is 1. The zero-order valence-electron chi connectivity index (χ0n) is 9.93. The lowest BCUT2D eigenvalue weighted by atomic mass is 10.2. The molecule has 1 aromatic rings. The number of hydrogen-bond donors (Lipinski definition) is 1. The third-order valence-corrected chi connectivity index (χ3v) is 3.00. The Morgan fingerprint density at radius 3 is 2.39 bits per heavy atom. The first-order valence-corrected chi connectivity index (χ1v) is 6.87. The molecule has 0 aliphatic heterocycles. The van der Waals surface area contributed by atoms with E-state index in [-0.39, 0.29) is 5.56 Å². The predicted octanol–water partition coefficient (Wildman–Crippen LogP) is 2.98. The maximum atomic E-state index is 12.9. The maximum absolute atomic E-state index is 12.9. The van der Waals surface area contributed by atoms with Crippen molar-refractivity contribution in [2.24, 2.45) is 0 Å². The van der Waals surface area contributed by atoms with E-state index in [9.17, 15) is 18.0 Å². The second-order valence-corrected chi connectivity index (χ2v) is 4.70. The first-order chi connectivity index (χ1) is 8.56. The van der Waals surface area contributed by atoms with Crippen molar-refractivity contribution in [1.29, 1.82) is 0 Å². The molecule has 0 heterocycles. The molecule has 0 aliphatic carbocycles. The molecular formula is C12H14F3NOS. The molecule has 0 bridgehead atoms. The molecule has 0 fully saturated rings. The SMILES string of the molecule is CSCCCCNC(=O)c1cc(F)c(F)c(F)c1. The van der Waals surface area contributed by atoms with Crippen molar-refractivity contribution < 1.29 is 18.0 Å². The van der Waals surface area contributed by atoms with Gasteiger partial charge in [-0.25, -0.2) is 13.2 Å². The van der Waals surface area contributed by atoms with Crippen LogP contribution in [0, 0.1) is 17.5 Å². The fourth-order valence-electron chi connectivity index (χ4n) is 1.36. The highest BCUT2D eigenvalue weighted by atomic mass is 32.2. The molecule has 0 saturated heterocycles. The van der Waals surface area contributed by atoms with Crippen LogP contribution < -0.4 is 5.32 Å². The van der Waals surface area contributed by atoms with E-state index >= 15 is 0 Å². The average molecular weight is 277 g/mol. The van der Waals surface area contributed by atoms with E-state index in [0.717, 1.165) is 18.6 Å². The minimum absolute atomic E-state index is 0.212. The number of halogens is 3. The molecule has 1 aromatic carbocycles. The van der Waals surface area contributed by atoms with E-state index in [1.54, 1.807) is 11.8 Å². The number of unbranched alkanes of at least 4 members (excludes halogenated alkanes) is 1. The second kappa shape index (κ2) is 7.31. The van der Waals surface area contributed by atoms with Gasteiger partial charge in [-0.2, -0.15) is 11.8 Å². The Hall–Kier alpha value is -1.17. The maximum Gasteiger partial charge on any atom is 0.251 e. The van der Waals surface area contributed by atoms with Crippen molar-refractivity contribution in [3.8, 4) is 0 Å². The first kappa shape index (κ1) is 14.9. The van der Waals surface area contributed by atoms with Gasteiger partial charge in [0.2, 0.25) is 0 Å². The largest absolute Gasteiger partial charge is 0.352 e. The number of amides is 1. The Morgan fingerprint density at radius 2 is 1.83 bits per heavy atom. The Bertz CT molecular complexity index is 403. The summed E-state index contributed by atoms with van der Waals surface area (Å²) in [6.45, 7) is 0.431. The van der Waals surface area contributed by atoms with Crippen LogP contribution in [-0.2, 0) is 0 Å². The quantitative estimate of drug-likeness (QED) is 0.640. The van der Waals surface area contributed by atoms with Crippen LogP contribution in [0.3, 0.4) is 0 Å². The normalized spacial score (nSPS) is 10.4. The van der Waals surface area contributed by atoms with Gasteiger partial charge in [0.25, 0.3) is 5.91 Å². The molecule has 0 radical (unpaired) electrons. The van der Waals surface area contributed by atoms with E-state index in [1.165, 1.54) is 0 Å². The average Bonchev–Trinajstić information content (AvgIpc) is 2.34. The van der Waals surface area contributed by atoms with Crippen LogP contribution in [0.1, 0.15) is 23.2 Å². The lowest BCUT2D eigenvalue weighted by Crippen LogP contribution is -2.25.